The monoisotopic (exact) mass is 480 g/mol. The number of carbonyl (C=O) groups is 3. The quantitative estimate of drug-likeness (QED) is 0.677. The third-order valence-electron chi connectivity index (χ3n) is 7.14. The van der Waals surface area contributed by atoms with Crippen LogP contribution >= 0.6 is 11.8 Å². The molecule has 1 aliphatic heterocycles. The van der Waals surface area contributed by atoms with Crippen LogP contribution in [0.5, 0.6) is 0 Å². The number of fused-ring (bicyclic) bond motifs is 3. The van der Waals surface area contributed by atoms with E-state index in [0.29, 0.717) is 31.6 Å². The van der Waals surface area contributed by atoms with Crippen molar-refractivity contribution < 1.29 is 24.2 Å². The highest BCUT2D eigenvalue weighted by Gasteiger charge is 2.39. The highest BCUT2D eigenvalue weighted by molar-refractivity contribution is 7.99. The molecular formula is C26H28N2O5S. The molecule has 0 aromatic heterocycles. The molecule has 7 nitrogen and oxygen atoms in total. The molecule has 1 heterocycles. The van der Waals surface area contributed by atoms with Gasteiger partial charge >= 0.3 is 12.1 Å². The molecule has 2 aliphatic carbocycles. The smallest absolute Gasteiger partial charge is 0.407 e. The summed E-state index contributed by atoms with van der Waals surface area (Å²) < 4.78 is 5.64. The van der Waals surface area contributed by atoms with Gasteiger partial charge in [-0.3, -0.25) is 4.79 Å². The normalized spacial score (nSPS) is 23.8. The van der Waals surface area contributed by atoms with Gasteiger partial charge < -0.3 is 20.1 Å². The molecule has 2 aromatic rings. The summed E-state index contributed by atoms with van der Waals surface area (Å²) in [5.74, 6) is -0.139. The Balaban J connectivity index is 1.16. The van der Waals surface area contributed by atoms with Crippen LogP contribution < -0.4 is 5.32 Å². The van der Waals surface area contributed by atoms with Gasteiger partial charge in [0.25, 0.3) is 0 Å². The molecule has 1 saturated heterocycles. The second kappa shape index (κ2) is 9.70. The van der Waals surface area contributed by atoms with E-state index in [0.717, 1.165) is 16.9 Å². The molecular weight excluding hydrogens is 452 g/mol. The second-order valence-corrected chi connectivity index (χ2v) is 10.3. The number of nitrogens with one attached hydrogen (secondary N) is 1. The summed E-state index contributed by atoms with van der Waals surface area (Å²) in [6.07, 6.45) is 1.36. The number of carbonyl (C=O) groups excluding carboxylic acids is 2. The maximum absolute atomic E-state index is 13.0. The fourth-order valence-corrected chi connectivity index (χ4v) is 6.49. The van der Waals surface area contributed by atoms with Crippen LogP contribution in [0.15, 0.2) is 48.5 Å². The van der Waals surface area contributed by atoms with E-state index in [1.165, 1.54) is 16.0 Å². The highest BCUT2D eigenvalue weighted by atomic mass is 32.2. The summed E-state index contributed by atoms with van der Waals surface area (Å²) in [6.45, 7) is 0.710. The van der Waals surface area contributed by atoms with Crippen molar-refractivity contribution in [3.63, 3.8) is 0 Å². The third-order valence-corrected chi connectivity index (χ3v) is 8.17. The Morgan fingerprint density at radius 3 is 2.38 bits per heavy atom. The third kappa shape index (κ3) is 4.39. The average Bonchev–Trinajstić information content (AvgIpc) is 3.45. The molecule has 2 aromatic carbocycles. The van der Waals surface area contributed by atoms with Gasteiger partial charge in [0.05, 0.1) is 0 Å². The van der Waals surface area contributed by atoms with Gasteiger partial charge in [-0.15, -0.1) is 0 Å². The van der Waals surface area contributed by atoms with E-state index >= 15 is 0 Å². The predicted molar refractivity (Wildman–Crippen MR) is 130 cm³/mol. The van der Waals surface area contributed by atoms with Crippen molar-refractivity contribution in [2.45, 2.75) is 37.3 Å². The van der Waals surface area contributed by atoms with Crippen molar-refractivity contribution in [3.05, 3.63) is 59.7 Å². The largest absolute Gasteiger partial charge is 0.480 e. The number of carboxylic acids is 1. The van der Waals surface area contributed by atoms with Crippen molar-refractivity contribution in [1.82, 2.24) is 10.2 Å². The van der Waals surface area contributed by atoms with Gasteiger partial charge in [-0.05, 0) is 41.5 Å². The van der Waals surface area contributed by atoms with E-state index in [1.54, 1.807) is 11.8 Å². The number of benzene rings is 2. The Morgan fingerprint density at radius 1 is 1.03 bits per heavy atom. The Morgan fingerprint density at radius 2 is 1.71 bits per heavy atom. The molecule has 0 spiro atoms. The molecule has 0 radical (unpaired) electrons. The van der Waals surface area contributed by atoms with Crippen LogP contribution in [0.2, 0.25) is 0 Å². The van der Waals surface area contributed by atoms with Gasteiger partial charge in [0.2, 0.25) is 5.91 Å². The van der Waals surface area contributed by atoms with Crippen LogP contribution in [0.1, 0.15) is 36.3 Å². The number of amides is 2. The van der Waals surface area contributed by atoms with Crippen LogP contribution in [0.25, 0.3) is 11.1 Å². The van der Waals surface area contributed by atoms with Gasteiger partial charge in [-0.25, -0.2) is 9.59 Å². The zero-order chi connectivity index (χ0) is 23.7. The van der Waals surface area contributed by atoms with Crippen LogP contribution in [-0.2, 0) is 14.3 Å². The Bertz CT molecular complexity index is 1060. The fourth-order valence-electron chi connectivity index (χ4n) is 5.45. The van der Waals surface area contributed by atoms with Crippen molar-refractivity contribution in [2.24, 2.45) is 5.92 Å². The summed E-state index contributed by atoms with van der Waals surface area (Å²) in [7, 11) is 0. The average molecular weight is 481 g/mol. The maximum Gasteiger partial charge on any atom is 0.407 e. The highest BCUT2D eigenvalue weighted by Crippen LogP contribution is 2.44. The number of thioether (sulfide) groups is 1. The Hall–Kier alpha value is -3.00. The molecule has 1 unspecified atom stereocenters. The molecule has 1 saturated carbocycles. The maximum atomic E-state index is 13.0. The number of alkyl carbamates (subject to hydrolysis) is 1. The number of hydrogen-bond donors (Lipinski definition) is 2. The van der Waals surface area contributed by atoms with E-state index in [-0.39, 0.29) is 30.4 Å². The fraction of sp³-hybridized carbons (Fsp3) is 0.423. The number of carboxylic acid groups (broad SMARTS) is 1. The molecule has 2 fully saturated rings. The minimum Gasteiger partial charge on any atom is -0.480 e. The van der Waals surface area contributed by atoms with E-state index in [1.807, 2.05) is 24.3 Å². The molecule has 0 bridgehead atoms. The molecule has 8 heteroatoms. The zero-order valence-electron chi connectivity index (χ0n) is 18.8. The first-order valence-electron chi connectivity index (χ1n) is 11.8. The van der Waals surface area contributed by atoms with Gasteiger partial charge in [0, 0.05) is 35.9 Å². The van der Waals surface area contributed by atoms with Gasteiger partial charge in [0.15, 0.2) is 0 Å². The molecule has 34 heavy (non-hydrogen) atoms. The van der Waals surface area contributed by atoms with Crippen LogP contribution in [0, 0.1) is 5.92 Å². The van der Waals surface area contributed by atoms with Crippen molar-refractivity contribution in [3.8, 4) is 11.1 Å². The van der Waals surface area contributed by atoms with Crippen molar-refractivity contribution in [1.29, 1.82) is 0 Å². The van der Waals surface area contributed by atoms with Gasteiger partial charge in [-0.1, -0.05) is 48.5 Å². The van der Waals surface area contributed by atoms with Gasteiger partial charge in [0.1, 0.15) is 12.6 Å². The van der Waals surface area contributed by atoms with Crippen LogP contribution in [-0.4, -0.2) is 64.7 Å². The lowest BCUT2D eigenvalue weighted by Gasteiger charge is -2.34. The lowest BCUT2D eigenvalue weighted by Crippen LogP contribution is -2.52. The number of rotatable bonds is 5. The topological polar surface area (TPSA) is 95.9 Å². The Labute approximate surface area is 202 Å². The van der Waals surface area contributed by atoms with E-state index in [2.05, 4.69) is 29.6 Å². The summed E-state index contributed by atoms with van der Waals surface area (Å²) in [5.41, 5.74) is 4.69. The number of aliphatic carboxylic acids is 1. The first kappa shape index (κ1) is 22.8. The minimum absolute atomic E-state index is 0.000905. The molecule has 2 N–H and O–H groups in total. The number of nitrogens with zero attached hydrogens (tertiary/aromatic N) is 1. The summed E-state index contributed by atoms with van der Waals surface area (Å²) in [4.78, 5) is 38.6. The van der Waals surface area contributed by atoms with E-state index in [9.17, 15) is 19.5 Å². The first-order chi connectivity index (χ1) is 16.5. The minimum atomic E-state index is -0.952. The molecule has 3 atom stereocenters. The van der Waals surface area contributed by atoms with Crippen LogP contribution in [0.3, 0.4) is 0 Å². The Kier molecular flexibility index (Phi) is 6.50. The lowest BCUT2D eigenvalue weighted by molar-refractivity contribution is -0.151. The lowest BCUT2D eigenvalue weighted by atomic mass is 9.98. The van der Waals surface area contributed by atoms with Gasteiger partial charge in [-0.2, -0.15) is 11.8 Å². The summed E-state index contributed by atoms with van der Waals surface area (Å²) in [5, 5.41) is 12.4. The van der Waals surface area contributed by atoms with E-state index in [4.69, 9.17) is 4.74 Å². The zero-order valence-corrected chi connectivity index (χ0v) is 19.6. The molecule has 5 rings (SSSR count). The first-order valence-corrected chi connectivity index (χ1v) is 12.9. The number of hydrogen-bond acceptors (Lipinski definition) is 5. The van der Waals surface area contributed by atoms with Crippen molar-refractivity contribution in [2.75, 3.05) is 24.7 Å². The standard InChI is InChI=1S/C26H28N2O5S/c29-24(28-11-12-34-15-23(28)25(30)31)16-9-10-17(13-16)27-26(32)33-14-22-20-7-3-1-5-18(20)19-6-2-4-8-21(19)22/h1-8,16-17,22-23H,9-15H2,(H,27,32)(H,30,31)/t16-,17+,23?/m0/s1. The second-order valence-electron chi connectivity index (χ2n) is 9.14. The van der Waals surface area contributed by atoms with E-state index < -0.39 is 18.1 Å². The number of ether oxygens (including phenoxy) is 1. The molecule has 178 valence electrons. The SMILES string of the molecule is O=C(N[C@@H]1CC[C@H](C(=O)N2CCSCC2C(=O)O)C1)OCC1c2ccccc2-c2ccccc21. The van der Waals surface area contributed by atoms with Crippen LogP contribution in [0.4, 0.5) is 4.79 Å². The van der Waals surface area contributed by atoms with Crippen molar-refractivity contribution >= 4 is 29.7 Å². The predicted octanol–water partition coefficient (Wildman–Crippen LogP) is 3.72. The summed E-state index contributed by atoms with van der Waals surface area (Å²) >= 11 is 1.56. The summed E-state index contributed by atoms with van der Waals surface area (Å²) in [6, 6.07) is 15.5. The molecule has 3 aliphatic rings. The molecule has 2 amide bonds.